The van der Waals surface area contributed by atoms with E-state index >= 15 is 0 Å². The maximum atomic E-state index is 13.1. The lowest BCUT2D eigenvalue weighted by Gasteiger charge is -2.16. The van der Waals surface area contributed by atoms with Crippen LogP contribution in [0.3, 0.4) is 0 Å². The van der Waals surface area contributed by atoms with Crippen molar-refractivity contribution < 1.29 is 23.8 Å². The highest BCUT2D eigenvalue weighted by atomic mass is 19.1. The minimum absolute atomic E-state index is 0.169. The van der Waals surface area contributed by atoms with Crippen LogP contribution in [0.4, 0.5) is 14.9 Å². The molecule has 0 aliphatic carbocycles. The number of rotatable bonds is 8. The highest BCUT2D eigenvalue weighted by Crippen LogP contribution is 2.23. The number of methoxy groups -OCH3 is 1. The number of hydrogen-bond acceptors (Lipinski definition) is 4. The van der Waals surface area contributed by atoms with Gasteiger partial charge in [-0.05, 0) is 42.8 Å². The average molecular weight is 348 g/mol. The Morgan fingerprint density at radius 2 is 1.96 bits per heavy atom. The van der Waals surface area contributed by atoms with E-state index in [4.69, 9.17) is 9.47 Å². The largest absolute Gasteiger partial charge is 0.457 e. The van der Waals surface area contributed by atoms with Crippen molar-refractivity contribution in [2.75, 3.05) is 25.6 Å². The van der Waals surface area contributed by atoms with Gasteiger partial charge in [0.1, 0.15) is 17.3 Å². The Hall–Kier alpha value is -2.64. The molecule has 0 aromatic heterocycles. The van der Waals surface area contributed by atoms with Crippen molar-refractivity contribution in [2.24, 2.45) is 0 Å². The molecule has 25 heavy (non-hydrogen) atoms. The number of carbonyl (C=O) groups excluding carboxylic acids is 1. The van der Waals surface area contributed by atoms with Crippen molar-refractivity contribution in [2.45, 2.75) is 12.5 Å². The number of hydrogen-bond donors (Lipinski definition) is 3. The zero-order chi connectivity index (χ0) is 18.1. The van der Waals surface area contributed by atoms with Gasteiger partial charge in [-0.1, -0.05) is 6.07 Å². The summed E-state index contributed by atoms with van der Waals surface area (Å²) in [6.07, 6.45) is 0.515. The molecule has 6 nitrogen and oxygen atoms in total. The van der Waals surface area contributed by atoms with Crippen molar-refractivity contribution in [1.82, 2.24) is 5.32 Å². The number of ether oxygens (including phenoxy) is 2. The highest BCUT2D eigenvalue weighted by Gasteiger charge is 2.11. The summed E-state index contributed by atoms with van der Waals surface area (Å²) < 4.78 is 23.6. The van der Waals surface area contributed by atoms with Gasteiger partial charge in [-0.25, -0.2) is 9.18 Å². The van der Waals surface area contributed by atoms with Gasteiger partial charge in [-0.3, -0.25) is 0 Å². The second-order valence-corrected chi connectivity index (χ2v) is 5.34. The van der Waals surface area contributed by atoms with E-state index < -0.39 is 6.03 Å². The van der Waals surface area contributed by atoms with Gasteiger partial charge < -0.3 is 25.2 Å². The topological polar surface area (TPSA) is 79.8 Å². The van der Waals surface area contributed by atoms with Crippen molar-refractivity contribution in [3.05, 3.63) is 54.3 Å². The summed E-state index contributed by atoms with van der Waals surface area (Å²) in [7, 11) is 1.56. The van der Waals surface area contributed by atoms with E-state index in [9.17, 15) is 14.3 Å². The molecule has 2 rings (SSSR count). The normalized spacial score (nSPS) is 11.6. The quantitative estimate of drug-likeness (QED) is 0.685. The van der Waals surface area contributed by atoms with Crippen LogP contribution in [0.1, 0.15) is 6.42 Å². The molecular formula is C18H21FN2O4. The number of aliphatic hydroxyl groups excluding tert-OH is 1. The lowest BCUT2D eigenvalue weighted by Crippen LogP contribution is -2.40. The number of urea groups is 1. The van der Waals surface area contributed by atoms with E-state index in [-0.39, 0.29) is 18.5 Å². The standard InChI is InChI=1S/C18H21FN2O4/c1-24-10-9-15(12-22)21-18(23)20-14-5-7-16(8-6-14)25-17-4-2-3-13(19)11-17/h2-8,11,15,22H,9-10,12H2,1H3,(H2,20,21,23). The van der Waals surface area contributed by atoms with Gasteiger partial charge in [0.05, 0.1) is 12.6 Å². The van der Waals surface area contributed by atoms with E-state index in [1.54, 1.807) is 43.5 Å². The molecule has 0 aliphatic heterocycles. The predicted octanol–water partition coefficient (Wildman–Crippen LogP) is 3.14. The summed E-state index contributed by atoms with van der Waals surface area (Å²) >= 11 is 0. The third-order valence-electron chi connectivity index (χ3n) is 3.37. The average Bonchev–Trinajstić information content (AvgIpc) is 2.60. The van der Waals surface area contributed by atoms with Crippen molar-refractivity contribution in [3.63, 3.8) is 0 Å². The summed E-state index contributed by atoms with van der Waals surface area (Å²) in [6.45, 7) is 0.273. The highest BCUT2D eigenvalue weighted by molar-refractivity contribution is 5.89. The summed E-state index contributed by atoms with van der Waals surface area (Å²) in [5.41, 5.74) is 0.563. The number of amides is 2. The Balaban J connectivity index is 1.88. The zero-order valence-electron chi connectivity index (χ0n) is 13.9. The molecule has 7 heteroatoms. The Kier molecular flexibility index (Phi) is 7.18. The summed E-state index contributed by atoms with van der Waals surface area (Å²) in [5.74, 6) is 0.534. The smallest absolute Gasteiger partial charge is 0.319 e. The van der Waals surface area contributed by atoms with Crippen LogP contribution >= 0.6 is 0 Å². The monoisotopic (exact) mass is 348 g/mol. The lowest BCUT2D eigenvalue weighted by molar-refractivity contribution is 0.161. The fourth-order valence-electron chi connectivity index (χ4n) is 2.09. The first kappa shape index (κ1) is 18.7. The van der Waals surface area contributed by atoms with Crippen LogP contribution in [-0.4, -0.2) is 37.5 Å². The SMILES string of the molecule is COCCC(CO)NC(=O)Nc1ccc(Oc2cccc(F)c2)cc1. The first-order valence-electron chi connectivity index (χ1n) is 7.81. The fourth-order valence-corrected chi connectivity index (χ4v) is 2.09. The van der Waals surface area contributed by atoms with Gasteiger partial charge in [0, 0.05) is 25.5 Å². The minimum atomic E-state index is -0.422. The van der Waals surface area contributed by atoms with Crippen LogP contribution in [0, 0.1) is 5.82 Å². The molecule has 2 aromatic carbocycles. The molecule has 0 heterocycles. The van der Waals surface area contributed by atoms with E-state index in [0.29, 0.717) is 30.2 Å². The molecule has 0 spiro atoms. The van der Waals surface area contributed by atoms with Crippen LogP contribution in [-0.2, 0) is 4.74 Å². The Morgan fingerprint density at radius 3 is 2.60 bits per heavy atom. The molecule has 3 N–H and O–H groups in total. The van der Waals surface area contributed by atoms with Gasteiger partial charge in [0.25, 0.3) is 0 Å². The summed E-state index contributed by atoms with van der Waals surface area (Å²) in [5, 5.41) is 14.5. The minimum Gasteiger partial charge on any atom is -0.457 e. The number of benzene rings is 2. The Bertz CT molecular complexity index is 679. The second-order valence-electron chi connectivity index (χ2n) is 5.34. The molecule has 0 bridgehead atoms. The van der Waals surface area contributed by atoms with Gasteiger partial charge in [-0.15, -0.1) is 0 Å². The van der Waals surface area contributed by atoms with Crippen LogP contribution < -0.4 is 15.4 Å². The summed E-state index contributed by atoms with van der Waals surface area (Å²) in [6, 6.07) is 11.7. The first-order chi connectivity index (χ1) is 12.1. The molecule has 1 atom stereocenters. The molecule has 2 amide bonds. The van der Waals surface area contributed by atoms with E-state index in [1.807, 2.05) is 0 Å². The predicted molar refractivity (Wildman–Crippen MR) is 92.4 cm³/mol. The number of carbonyl (C=O) groups is 1. The van der Waals surface area contributed by atoms with Gasteiger partial charge in [0.15, 0.2) is 0 Å². The van der Waals surface area contributed by atoms with Crippen molar-refractivity contribution in [3.8, 4) is 11.5 Å². The van der Waals surface area contributed by atoms with E-state index in [2.05, 4.69) is 10.6 Å². The third-order valence-corrected chi connectivity index (χ3v) is 3.37. The molecular weight excluding hydrogens is 327 g/mol. The maximum Gasteiger partial charge on any atom is 0.319 e. The van der Waals surface area contributed by atoms with E-state index in [1.165, 1.54) is 12.1 Å². The van der Waals surface area contributed by atoms with Gasteiger partial charge in [-0.2, -0.15) is 0 Å². The molecule has 0 saturated carbocycles. The van der Waals surface area contributed by atoms with Gasteiger partial charge in [0.2, 0.25) is 0 Å². The summed E-state index contributed by atoms with van der Waals surface area (Å²) in [4.78, 5) is 11.9. The Morgan fingerprint density at radius 1 is 1.20 bits per heavy atom. The van der Waals surface area contributed by atoms with Crippen LogP contribution in [0.25, 0.3) is 0 Å². The maximum absolute atomic E-state index is 13.1. The molecule has 1 unspecified atom stereocenters. The lowest BCUT2D eigenvalue weighted by atomic mass is 10.2. The van der Waals surface area contributed by atoms with Crippen LogP contribution in [0.2, 0.25) is 0 Å². The Labute approximate surface area is 145 Å². The fraction of sp³-hybridized carbons (Fsp3) is 0.278. The number of halogens is 1. The molecule has 0 radical (unpaired) electrons. The molecule has 0 aliphatic rings. The van der Waals surface area contributed by atoms with Crippen LogP contribution in [0.5, 0.6) is 11.5 Å². The van der Waals surface area contributed by atoms with Crippen molar-refractivity contribution in [1.29, 1.82) is 0 Å². The number of nitrogens with one attached hydrogen (secondary N) is 2. The molecule has 0 saturated heterocycles. The van der Waals surface area contributed by atoms with E-state index in [0.717, 1.165) is 0 Å². The number of anilines is 1. The second kappa shape index (κ2) is 9.61. The molecule has 134 valence electrons. The molecule has 0 fully saturated rings. The van der Waals surface area contributed by atoms with Crippen molar-refractivity contribution >= 4 is 11.7 Å². The van der Waals surface area contributed by atoms with Crippen LogP contribution in [0.15, 0.2) is 48.5 Å². The number of aliphatic hydroxyl groups is 1. The van der Waals surface area contributed by atoms with Gasteiger partial charge >= 0.3 is 6.03 Å². The first-order valence-corrected chi connectivity index (χ1v) is 7.81. The zero-order valence-corrected chi connectivity index (χ0v) is 13.9. The molecule has 2 aromatic rings. The third kappa shape index (κ3) is 6.40.